The Morgan fingerprint density at radius 1 is 1.35 bits per heavy atom. The van der Waals surface area contributed by atoms with E-state index in [2.05, 4.69) is 9.97 Å². The number of aromatic nitrogens is 2. The molecule has 0 fully saturated rings. The molecule has 6 heteroatoms. The van der Waals surface area contributed by atoms with E-state index in [0.717, 1.165) is 27.8 Å². The molecule has 116 valence electrons. The number of nitrogens with zero attached hydrogens (tertiary/aromatic N) is 3. The second kappa shape index (κ2) is 5.31. The van der Waals surface area contributed by atoms with E-state index in [1.165, 1.54) is 16.8 Å². The minimum atomic E-state index is 0.0795. The number of anilines is 1. The number of nitrogen functional groups attached to an aromatic ring is 1. The maximum atomic E-state index is 12.7. The topological polar surface area (TPSA) is 72.1 Å². The molecule has 1 aliphatic rings. The second-order valence-electron chi connectivity index (χ2n) is 5.79. The third-order valence-electron chi connectivity index (χ3n) is 4.22. The van der Waals surface area contributed by atoms with Crippen LogP contribution in [0.1, 0.15) is 26.4 Å². The molecule has 1 aliphatic heterocycles. The maximum Gasteiger partial charge on any atom is 0.254 e. The van der Waals surface area contributed by atoms with Crippen LogP contribution in [0.4, 0.5) is 5.82 Å². The number of carbonyl (C=O) groups is 1. The molecule has 3 aromatic rings. The minimum Gasteiger partial charge on any atom is -0.383 e. The van der Waals surface area contributed by atoms with E-state index >= 15 is 0 Å². The lowest BCUT2D eigenvalue weighted by Gasteiger charge is -2.27. The molecule has 4 rings (SSSR count). The lowest BCUT2D eigenvalue weighted by molar-refractivity contribution is 0.0737. The fraction of sp³-hybridized carbons (Fsp3) is 0.235. The number of hydrogen-bond donors (Lipinski definition) is 1. The molecule has 3 heterocycles. The first-order valence-corrected chi connectivity index (χ1v) is 8.32. The fourth-order valence-corrected chi connectivity index (χ4v) is 4.30. The van der Waals surface area contributed by atoms with Crippen molar-refractivity contribution in [3.63, 3.8) is 0 Å². The van der Waals surface area contributed by atoms with Gasteiger partial charge in [-0.25, -0.2) is 9.97 Å². The third-order valence-corrected chi connectivity index (χ3v) is 5.34. The summed E-state index contributed by atoms with van der Waals surface area (Å²) in [4.78, 5) is 25.1. The van der Waals surface area contributed by atoms with Gasteiger partial charge in [0.1, 0.15) is 17.0 Å². The number of aryl methyl sites for hydroxylation is 1. The van der Waals surface area contributed by atoms with E-state index in [0.29, 0.717) is 18.9 Å². The van der Waals surface area contributed by atoms with Gasteiger partial charge in [0.05, 0.1) is 11.9 Å². The summed E-state index contributed by atoms with van der Waals surface area (Å²) in [7, 11) is 0. The van der Waals surface area contributed by atoms with E-state index in [4.69, 9.17) is 5.73 Å². The van der Waals surface area contributed by atoms with Gasteiger partial charge in [0.2, 0.25) is 0 Å². The van der Waals surface area contributed by atoms with Gasteiger partial charge < -0.3 is 10.6 Å². The van der Waals surface area contributed by atoms with Gasteiger partial charge >= 0.3 is 0 Å². The van der Waals surface area contributed by atoms with Gasteiger partial charge in [-0.2, -0.15) is 0 Å². The van der Waals surface area contributed by atoms with Crippen molar-refractivity contribution in [3.8, 4) is 0 Å². The van der Waals surface area contributed by atoms with Crippen LogP contribution in [-0.2, 0) is 13.0 Å². The van der Waals surface area contributed by atoms with Crippen molar-refractivity contribution < 1.29 is 4.79 Å². The average molecular weight is 324 g/mol. The zero-order valence-corrected chi connectivity index (χ0v) is 13.6. The first-order chi connectivity index (χ1) is 11.1. The highest BCUT2D eigenvalue weighted by molar-refractivity contribution is 7.19. The Balaban J connectivity index is 1.68. The van der Waals surface area contributed by atoms with Crippen LogP contribution in [0.2, 0.25) is 0 Å². The average Bonchev–Trinajstić information content (AvgIpc) is 2.93. The summed E-state index contributed by atoms with van der Waals surface area (Å²) >= 11 is 1.61. The van der Waals surface area contributed by atoms with Gasteiger partial charge in [0, 0.05) is 17.0 Å². The number of rotatable bonds is 1. The Labute approximate surface area is 137 Å². The van der Waals surface area contributed by atoms with Crippen LogP contribution in [0.3, 0.4) is 0 Å². The molecule has 0 unspecified atom stereocenters. The van der Waals surface area contributed by atoms with Crippen molar-refractivity contribution in [3.05, 3.63) is 52.2 Å². The van der Waals surface area contributed by atoms with Crippen molar-refractivity contribution in [2.24, 2.45) is 0 Å². The molecule has 0 saturated carbocycles. The molecule has 0 radical (unpaired) electrons. The normalized spacial score (nSPS) is 14.0. The molecule has 1 aromatic carbocycles. The third kappa shape index (κ3) is 2.35. The number of fused-ring (bicyclic) bond motifs is 3. The quantitative estimate of drug-likeness (QED) is 0.747. The van der Waals surface area contributed by atoms with E-state index in [1.807, 2.05) is 36.1 Å². The molecule has 0 aliphatic carbocycles. The van der Waals surface area contributed by atoms with Gasteiger partial charge in [0.25, 0.3) is 5.91 Å². The van der Waals surface area contributed by atoms with Crippen molar-refractivity contribution in [2.45, 2.75) is 19.9 Å². The number of nitrogens with two attached hydrogens (primary N) is 1. The summed E-state index contributed by atoms with van der Waals surface area (Å²) in [6.07, 6.45) is 2.29. The summed E-state index contributed by atoms with van der Waals surface area (Å²) in [5.41, 5.74) is 9.05. The first kappa shape index (κ1) is 14.1. The van der Waals surface area contributed by atoms with Crippen molar-refractivity contribution >= 4 is 33.3 Å². The fourth-order valence-electron chi connectivity index (χ4n) is 3.09. The van der Waals surface area contributed by atoms with Gasteiger partial charge in [-0.15, -0.1) is 11.3 Å². The standard InChI is InChI=1S/C17H16N4OS/c1-10-3-2-4-11(7-10)17(22)21-6-5-12-13(8-21)23-16-14(12)15(18)19-9-20-16/h2-4,7,9H,5-6,8H2,1H3,(H2,18,19,20). The maximum absolute atomic E-state index is 12.7. The Kier molecular flexibility index (Phi) is 3.27. The number of thiophene rings is 1. The SMILES string of the molecule is Cc1cccc(C(=O)N2CCc3c(sc4ncnc(N)c34)C2)c1. The van der Waals surface area contributed by atoms with Gasteiger partial charge in [-0.3, -0.25) is 4.79 Å². The highest BCUT2D eigenvalue weighted by atomic mass is 32.1. The van der Waals surface area contributed by atoms with Gasteiger partial charge in [-0.1, -0.05) is 17.7 Å². The summed E-state index contributed by atoms with van der Waals surface area (Å²) in [6, 6.07) is 7.73. The number of hydrogen-bond acceptors (Lipinski definition) is 5. The molecule has 5 nitrogen and oxygen atoms in total. The van der Waals surface area contributed by atoms with Crippen LogP contribution >= 0.6 is 11.3 Å². The predicted octanol–water partition coefficient (Wildman–Crippen LogP) is 2.78. The molecule has 0 saturated heterocycles. The van der Waals surface area contributed by atoms with E-state index in [9.17, 15) is 4.79 Å². The molecule has 0 atom stereocenters. The molecule has 2 N–H and O–H groups in total. The van der Waals surface area contributed by atoms with Gasteiger partial charge in [-0.05, 0) is 31.0 Å². The van der Waals surface area contributed by atoms with Gasteiger partial charge in [0.15, 0.2) is 0 Å². The van der Waals surface area contributed by atoms with Crippen molar-refractivity contribution in [1.29, 1.82) is 0 Å². The number of carbonyl (C=O) groups excluding carboxylic acids is 1. The Bertz CT molecular complexity index is 918. The zero-order valence-electron chi connectivity index (χ0n) is 12.7. The highest BCUT2D eigenvalue weighted by Crippen LogP contribution is 2.36. The van der Waals surface area contributed by atoms with Crippen LogP contribution in [0.25, 0.3) is 10.2 Å². The summed E-state index contributed by atoms with van der Waals surface area (Å²) in [5, 5.41) is 0.968. The molecular weight excluding hydrogens is 308 g/mol. The second-order valence-corrected chi connectivity index (χ2v) is 6.87. The lowest BCUT2D eigenvalue weighted by atomic mass is 10.0. The number of amides is 1. The molecule has 1 amide bonds. The monoisotopic (exact) mass is 324 g/mol. The lowest BCUT2D eigenvalue weighted by Crippen LogP contribution is -2.35. The number of benzene rings is 1. The smallest absolute Gasteiger partial charge is 0.254 e. The minimum absolute atomic E-state index is 0.0795. The van der Waals surface area contributed by atoms with Crippen molar-refractivity contribution in [1.82, 2.24) is 14.9 Å². The van der Waals surface area contributed by atoms with Crippen LogP contribution in [0.15, 0.2) is 30.6 Å². The highest BCUT2D eigenvalue weighted by Gasteiger charge is 2.26. The molecule has 23 heavy (non-hydrogen) atoms. The van der Waals surface area contributed by atoms with Crippen LogP contribution in [-0.4, -0.2) is 27.3 Å². The Morgan fingerprint density at radius 3 is 3.04 bits per heavy atom. The summed E-state index contributed by atoms with van der Waals surface area (Å²) in [5.74, 6) is 0.613. The molecular formula is C17H16N4OS. The van der Waals surface area contributed by atoms with Crippen LogP contribution in [0.5, 0.6) is 0 Å². The molecule has 0 spiro atoms. The van der Waals surface area contributed by atoms with E-state index < -0.39 is 0 Å². The summed E-state index contributed by atoms with van der Waals surface area (Å²) in [6.45, 7) is 3.31. The molecule has 0 bridgehead atoms. The van der Waals surface area contributed by atoms with E-state index in [1.54, 1.807) is 11.3 Å². The predicted molar refractivity (Wildman–Crippen MR) is 91.5 cm³/mol. The largest absolute Gasteiger partial charge is 0.383 e. The molecule has 2 aromatic heterocycles. The van der Waals surface area contributed by atoms with E-state index in [-0.39, 0.29) is 5.91 Å². The Hall–Kier alpha value is -2.47. The van der Waals surface area contributed by atoms with Crippen LogP contribution < -0.4 is 5.73 Å². The van der Waals surface area contributed by atoms with Crippen LogP contribution in [0, 0.1) is 6.92 Å². The Morgan fingerprint density at radius 2 is 2.22 bits per heavy atom. The zero-order chi connectivity index (χ0) is 16.0. The first-order valence-electron chi connectivity index (χ1n) is 7.50. The summed E-state index contributed by atoms with van der Waals surface area (Å²) < 4.78 is 0. The van der Waals surface area contributed by atoms with Crippen molar-refractivity contribution in [2.75, 3.05) is 12.3 Å².